The largest absolute Gasteiger partial charge is 0.391 e. The zero-order valence-electron chi connectivity index (χ0n) is 9.10. The van der Waals surface area contributed by atoms with E-state index in [1.807, 2.05) is 24.4 Å². The number of hydrogen-bond donors (Lipinski definition) is 0. The van der Waals surface area contributed by atoms with Gasteiger partial charge in [-0.2, -0.15) is 5.26 Å². The summed E-state index contributed by atoms with van der Waals surface area (Å²) in [6.07, 6.45) is 5.62. The Labute approximate surface area is 95.3 Å². The van der Waals surface area contributed by atoms with Crippen LogP contribution in [0.2, 0.25) is 0 Å². The number of hydrogen-bond acceptors (Lipinski definition) is 3. The molecule has 16 heavy (non-hydrogen) atoms. The van der Waals surface area contributed by atoms with E-state index < -0.39 is 0 Å². The second-order valence-corrected chi connectivity index (χ2v) is 3.99. The second-order valence-electron chi connectivity index (χ2n) is 3.99. The van der Waals surface area contributed by atoms with Gasteiger partial charge < -0.3 is 4.84 Å². The molecule has 0 radical (unpaired) electrons. The van der Waals surface area contributed by atoms with Crippen LogP contribution in [-0.2, 0) is 11.4 Å². The summed E-state index contributed by atoms with van der Waals surface area (Å²) in [7, 11) is 0. The first kappa shape index (κ1) is 10.7. The Morgan fingerprint density at radius 1 is 1.44 bits per heavy atom. The Kier molecular flexibility index (Phi) is 3.55. The smallest absolute Gasteiger partial charge is 0.143 e. The van der Waals surface area contributed by atoms with Crippen molar-refractivity contribution in [1.82, 2.24) is 0 Å². The van der Waals surface area contributed by atoms with Crippen LogP contribution < -0.4 is 0 Å². The third kappa shape index (κ3) is 2.60. The molecule has 1 aliphatic rings. The molecule has 3 nitrogen and oxygen atoms in total. The predicted octanol–water partition coefficient (Wildman–Crippen LogP) is 2.86. The first-order valence-corrected chi connectivity index (χ1v) is 5.53. The second kappa shape index (κ2) is 5.32. The molecule has 0 heterocycles. The SMILES string of the molecule is N#Cc1ccccc1CON=CC1CCC1. The molecule has 0 saturated heterocycles. The standard InChI is InChI=1S/C13H14N2O/c14-8-12-6-1-2-7-13(12)10-16-15-9-11-4-3-5-11/h1-2,6-7,9,11H,3-5,10H2. The van der Waals surface area contributed by atoms with Crippen molar-refractivity contribution in [2.45, 2.75) is 25.9 Å². The summed E-state index contributed by atoms with van der Waals surface area (Å²) in [5, 5.41) is 12.8. The fourth-order valence-corrected chi connectivity index (χ4v) is 1.58. The van der Waals surface area contributed by atoms with E-state index in [4.69, 9.17) is 10.1 Å². The lowest BCUT2D eigenvalue weighted by molar-refractivity contribution is 0.129. The molecule has 1 saturated carbocycles. The van der Waals surface area contributed by atoms with E-state index in [0.29, 0.717) is 18.1 Å². The predicted molar refractivity (Wildman–Crippen MR) is 61.8 cm³/mol. The molecule has 3 heteroatoms. The average Bonchev–Trinajstić information content (AvgIpc) is 2.27. The molecule has 0 aliphatic heterocycles. The lowest BCUT2D eigenvalue weighted by Crippen LogP contribution is -2.11. The summed E-state index contributed by atoms with van der Waals surface area (Å²) < 4.78 is 0. The third-order valence-corrected chi connectivity index (χ3v) is 2.85. The maximum absolute atomic E-state index is 8.87. The summed E-state index contributed by atoms with van der Waals surface area (Å²) in [5.41, 5.74) is 1.54. The normalized spacial score (nSPS) is 15.7. The van der Waals surface area contributed by atoms with Gasteiger partial charge >= 0.3 is 0 Å². The Morgan fingerprint density at radius 3 is 2.94 bits per heavy atom. The Morgan fingerprint density at radius 2 is 2.25 bits per heavy atom. The van der Waals surface area contributed by atoms with Crippen molar-refractivity contribution >= 4 is 6.21 Å². The van der Waals surface area contributed by atoms with Crippen LogP contribution in [0.25, 0.3) is 0 Å². The Hall–Kier alpha value is -1.82. The lowest BCUT2D eigenvalue weighted by Gasteiger charge is -2.19. The van der Waals surface area contributed by atoms with Crippen molar-refractivity contribution in [3.05, 3.63) is 35.4 Å². The van der Waals surface area contributed by atoms with Crippen LogP contribution in [0.5, 0.6) is 0 Å². The molecule has 0 spiro atoms. The van der Waals surface area contributed by atoms with E-state index in [0.717, 1.165) is 5.56 Å². The minimum Gasteiger partial charge on any atom is -0.391 e. The highest BCUT2D eigenvalue weighted by Crippen LogP contribution is 2.24. The summed E-state index contributed by atoms with van der Waals surface area (Å²) in [5.74, 6) is 0.603. The molecule has 0 atom stereocenters. The van der Waals surface area contributed by atoms with Crippen LogP contribution in [0.4, 0.5) is 0 Å². The Balaban J connectivity index is 1.84. The number of rotatable bonds is 4. The maximum Gasteiger partial charge on any atom is 0.143 e. The fourth-order valence-electron chi connectivity index (χ4n) is 1.58. The van der Waals surface area contributed by atoms with Gasteiger partial charge in [-0.25, -0.2) is 0 Å². The van der Waals surface area contributed by atoms with Crippen LogP contribution in [-0.4, -0.2) is 6.21 Å². The molecule has 0 N–H and O–H groups in total. The fraction of sp³-hybridized carbons (Fsp3) is 0.385. The first-order chi connectivity index (χ1) is 7.90. The van der Waals surface area contributed by atoms with E-state index in [-0.39, 0.29) is 0 Å². The number of oxime groups is 1. The van der Waals surface area contributed by atoms with Gasteiger partial charge in [-0.1, -0.05) is 29.8 Å². The summed E-state index contributed by atoms with van der Waals surface area (Å²) in [4.78, 5) is 5.19. The molecule has 2 rings (SSSR count). The first-order valence-electron chi connectivity index (χ1n) is 5.53. The van der Waals surface area contributed by atoms with Crippen molar-refractivity contribution < 1.29 is 4.84 Å². The molecule has 1 aromatic carbocycles. The summed E-state index contributed by atoms with van der Waals surface area (Å²) in [6.45, 7) is 0.368. The van der Waals surface area contributed by atoms with Crippen molar-refractivity contribution in [2.24, 2.45) is 11.1 Å². The molecule has 0 aromatic heterocycles. The van der Waals surface area contributed by atoms with Crippen LogP contribution in [0.15, 0.2) is 29.4 Å². The minimum atomic E-state index is 0.368. The molecule has 1 aromatic rings. The van der Waals surface area contributed by atoms with Gasteiger partial charge in [-0.05, 0) is 24.8 Å². The van der Waals surface area contributed by atoms with Crippen LogP contribution in [0, 0.1) is 17.2 Å². The number of benzene rings is 1. The zero-order chi connectivity index (χ0) is 11.2. The van der Waals surface area contributed by atoms with Crippen LogP contribution >= 0.6 is 0 Å². The topological polar surface area (TPSA) is 45.4 Å². The molecule has 0 amide bonds. The highest BCUT2D eigenvalue weighted by molar-refractivity contribution is 5.60. The number of nitrogens with zero attached hydrogens (tertiary/aromatic N) is 2. The third-order valence-electron chi connectivity index (χ3n) is 2.85. The highest BCUT2D eigenvalue weighted by atomic mass is 16.6. The molecule has 0 bridgehead atoms. The van der Waals surface area contributed by atoms with Gasteiger partial charge in [-0.15, -0.1) is 0 Å². The maximum atomic E-state index is 8.87. The van der Waals surface area contributed by atoms with Gasteiger partial charge in [0, 0.05) is 11.8 Å². The molecule has 82 valence electrons. The quantitative estimate of drug-likeness (QED) is 0.571. The number of nitriles is 1. The van der Waals surface area contributed by atoms with Gasteiger partial charge in [0.1, 0.15) is 6.61 Å². The van der Waals surface area contributed by atoms with Crippen molar-refractivity contribution in [2.75, 3.05) is 0 Å². The van der Waals surface area contributed by atoms with Gasteiger partial charge in [-0.3, -0.25) is 0 Å². The van der Waals surface area contributed by atoms with E-state index in [9.17, 15) is 0 Å². The van der Waals surface area contributed by atoms with Gasteiger partial charge in [0.2, 0.25) is 0 Å². The molecule has 1 aliphatic carbocycles. The zero-order valence-corrected chi connectivity index (χ0v) is 9.10. The van der Waals surface area contributed by atoms with Gasteiger partial charge in [0.05, 0.1) is 11.6 Å². The summed E-state index contributed by atoms with van der Waals surface area (Å²) >= 11 is 0. The molecular weight excluding hydrogens is 200 g/mol. The van der Waals surface area contributed by atoms with E-state index in [1.54, 1.807) is 6.07 Å². The lowest BCUT2D eigenvalue weighted by atomic mass is 9.87. The van der Waals surface area contributed by atoms with E-state index in [1.165, 1.54) is 19.3 Å². The van der Waals surface area contributed by atoms with Crippen molar-refractivity contribution in [1.29, 1.82) is 5.26 Å². The molecule has 0 unspecified atom stereocenters. The average molecular weight is 214 g/mol. The minimum absolute atomic E-state index is 0.368. The molecular formula is C13H14N2O. The van der Waals surface area contributed by atoms with Gasteiger partial charge in [0.15, 0.2) is 0 Å². The Bertz CT molecular complexity index is 416. The van der Waals surface area contributed by atoms with Gasteiger partial charge in [0.25, 0.3) is 0 Å². The van der Waals surface area contributed by atoms with Crippen molar-refractivity contribution in [3.8, 4) is 6.07 Å². The highest BCUT2D eigenvalue weighted by Gasteiger charge is 2.14. The van der Waals surface area contributed by atoms with E-state index in [2.05, 4.69) is 11.2 Å². The van der Waals surface area contributed by atoms with Crippen LogP contribution in [0.3, 0.4) is 0 Å². The van der Waals surface area contributed by atoms with Crippen LogP contribution in [0.1, 0.15) is 30.4 Å². The monoisotopic (exact) mass is 214 g/mol. The molecule has 1 fully saturated rings. The van der Waals surface area contributed by atoms with Crippen molar-refractivity contribution in [3.63, 3.8) is 0 Å². The van der Waals surface area contributed by atoms with E-state index >= 15 is 0 Å². The summed E-state index contributed by atoms with van der Waals surface area (Å²) in [6, 6.07) is 9.55.